The second-order valence-electron chi connectivity index (χ2n) is 4.12. The van der Waals surface area contributed by atoms with Crippen LogP contribution in [0.3, 0.4) is 0 Å². The van der Waals surface area contributed by atoms with Crippen molar-refractivity contribution in [2.75, 3.05) is 0 Å². The maximum absolute atomic E-state index is 5.85. The summed E-state index contributed by atoms with van der Waals surface area (Å²) in [6, 6.07) is 0.391. The number of hydrogen-bond donors (Lipinski definition) is 1. The molecule has 0 aliphatic heterocycles. The molecule has 0 bridgehead atoms. The SMILES string of the molecule is CC(C)=C[C@H]1[C@@H](N)C1(C)C. The van der Waals surface area contributed by atoms with Gasteiger partial charge in [0.25, 0.3) is 0 Å². The highest BCUT2D eigenvalue weighted by molar-refractivity contribution is 5.19. The Kier molecular flexibility index (Phi) is 1.63. The molecule has 0 aromatic carbocycles. The van der Waals surface area contributed by atoms with Crippen LogP contribution in [0.1, 0.15) is 27.7 Å². The van der Waals surface area contributed by atoms with E-state index in [0.717, 1.165) is 0 Å². The van der Waals surface area contributed by atoms with Gasteiger partial charge < -0.3 is 5.73 Å². The molecule has 0 unspecified atom stereocenters. The third-order valence-electron chi connectivity index (χ3n) is 2.51. The molecule has 1 aliphatic rings. The summed E-state index contributed by atoms with van der Waals surface area (Å²) in [6.45, 7) is 8.70. The van der Waals surface area contributed by atoms with Crippen LogP contribution in [0.15, 0.2) is 11.6 Å². The maximum Gasteiger partial charge on any atom is 0.0166 e. The van der Waals surface area contributed by atoms with Gasteiger partial charge in [-0.25, -0.2) is 0 Å². The molecule has 1 fully saturated rings. The molecule has 1 nitrogen and oxygen atoms in total. The minimum atomic E-state index is 0.358. The van der Waals surface area contributed by atoms with Gasteiger partial charge in [0.05, 0.1) is 0 Å². The molecule has 0 amide bonds. The predicted molar refractivity (Wildman–Crippen MR) is 44.7 cm³/mol. The summed E-state index contributed by atoms with van der Waals surface area (Å²) in [7, 11) is 0. The summed E-state index contributed by atoms with van der Waals surface area (Å²) in [6.07, 6.45) is 2.28. The predicted octanol–water partition coefficient (Wildman–Crippen LogP) is 1.94. The molecule has 1 rings (SSSR count). The highest BCUT2D eigenvalue weighted by atomic mass is 14.8. The average molecular weight is 139 g/mol. The first-order chi connectivity index (χ1) is 4.46. The Bertz CT molecular complexity index is 164. The van der Waals surface area contributed by atoms with Crippen LogP contribution in [0.5, 0.6) is 0 Å². The van der Waals surface area contributed by atoms with E-state index >= 15 is 0 Å². The molecular formula is C9H17N. The first kappa shape index (κ1) is 7.80. The van der Waals surface area contributed by atoms with Crippen molar-refractivity contribution in [3.8, 4) is 0 Å². The van der Waals surface area contributed by atoms with Crippen LogP contribution in [-0.4, -0.2) is 6.04 Å². The van der Waals surface area contributed by atoms with E-state index in [2.05, 4.69) is 33.8 Å². The molecule has 0 radical (unpaired) electrons. The van der Waals surface area contributed by atoms with Crippen LogP contribution in [-0.2, 0) is 0 Å². The number of nitrogens with two attached hydrogens (primary N) is 1. The van der Waals surface area contributed by atoms with Gasteiger partial charge in [0.1, 0.15) is 0 Å². The molecule has 0 aromatic heterocycles. The topological polar surface area (TPSA) is 26.0 Å². The van der Waals surface area contributed by atoms with Crippen molar-refractivity contribution in [3.05, 3.63) is 11.6 Å². The van der Waals surface area contributed by atoms with Gasteiger partial charge in [0, 0.05) is 6.04 Å². The van der Waals surface area contributed by atoms with E-state index in [0.29, 0.717) is 17.4 Å². The molecule has 58 valence electrons. The van der Waals surface area contributed by atoms with E-state index in [4.69, 9.17) is 5.73 Å². The van der Waals surface area contributed by atoms with Gasteiger partial charge in [-0.05, 0) is 25.2 Å². The van der Waals surface area contributed by atoms with E-state index in [1.807, 2.05) is 0 Å². The third-order valence-corrected chi connectivity index (χ3v) is 2.51. The fourth-order valence-electron chi connectivity index (χ4n) is 1.40. The second kappa shape index (κ2) is 2.09. The zero-order valence-corrected chi connectivity index (χ0v) is 7.31. The molecule has 2 atom stereocenters. The Labute approximate surface area is 63.3 Å². The van der Waals surface area contributed by atoms with Crippen molar-refractivity contribution in [1.82, 2.24) is 0 Å². The van der Waals surface area contributed by atoms with Gasteiger partial charge in [-0.15, -0.1) is 0 Å². The van der Waals surface area contributed by atoms with Gasteiger partial charge in [-0.3, -0.25) is 0 Å². The number of rotatable bonds is 1. The van der Waals surface area contributed by atoms with Crippen LogP contribution in [0.4, 0.5) is 0 Å². The van der Waals surface area contributed by atoms with E-state index < -0.39 is 0 Å². The zero-order valence-electron chi connectivity index (χ0n) is 7.31. The van der Waals surface area contributed by atoms with Crippen LogP contribution in [0.2, 0.25) is 0 Å². The molecule has 0 saturated heterocycles. The summed E-state index contributed by atoms with van der Waals surface area (Å²) in [5, 5.41) is 0. The molecular weight excluding hydrogens is 122 g/mol. The van der Waals surface area contributed by atoms with Gasteiger partial charge in [0.15, 0.2) is 0 Å². The lowest BCUT2D eigenvalue weighted by atomic mass is 10.1. The smallest absolute Gasteiger partial charge is 0.0166 e. The monoisotopic (exact) mass is 139 g/mol. The Morgan fingerprint density at radius 1 is 1.40 bits per heavy atom. The maximum atomic E-state index is 5.85. The highest BCUT2D eigenvalue weighted by Gasteiger charge is 2.53. The van der Waals surface area contributed by atoms with Crippen LogP contribution < -0.4 is 5.73 Å². The van der Waals surface area contributed by atoms with Crippen molar-refractivity contribution in [1.29, 1.82) is 0 Å². The van der Waals surface area contributed by atoms with Crippen LogP contribution in [0.25, 0.3) is 0 Å². The summed E-state index contributed by atoms with van der Waals surface area (Å²) < 4.78 is 0. The Hall–Kier alpha value is -0.300. The molecule has 1 aliphatic carbocycles. The molecule has 1 heteroatoms. The summed E-state index contributed by atoms with van der Waals surface area (Å²) in [5.41, 5.74) is 7.59. The number of allylic oxidation sites excluding steroid dienone is 1. The summed E-state index contributed by atoms with van der Waals surface area (Å²) in [4.78, 5) is 0. The molecule has 10 heavy (non-hydrogen) atoms. The van der Waals surface area contributed by atoms with E-state index in [-0.39, 0.29) is 0 Å². The average Bonchev–Trinajstić information content (AvgIpc) is 2.17. The summed E-state index contributed by atoms with van der Waals surface area (Å²) >= 11 is 0. The van der Waals surface area contributed by atoms with Gasteiger partial charge >= 0.3 is 0 Å². The molecule has 0 spiro atoms. The second-order valence-corrected chi connectivity index (χ2v) is 4.12. The highest BCUT2D eigenvalue weighted by Crippen LogP contribution is 2.51. The van der Waals surface area contributed by atoms with Gasteiger partial charge in [-0.1, -0.05) is 25.5 Å². The lowest BCUT2D eigenvalue weighted by molar-refractivity contribution is 0.590. The lowest BCUT2D eigenvalue weighted by Crippen LogP contribution is -2.06. The first-order valence-electron chi connectivity index (χ1n) is 3.87. The van der Waals surface area contributed by atoms with Gasteiger partial charge in [0.2, 0.25) is 0 Å². The van der Waals surface area contributed by atoms with Crippen molar-refractivity contribution >= 4 is 0 Å². The molecule has 0 aromatic rings. The quantitative estimate of drug-likeness (QED) is 0.552. The summed E-state index contributed by atoms with van der Waals surface area (Å²) in [5.74, 6) is 0.623. The Morgan fingerprint density at radius 2 is 1.80 bits per heavy atom. The Morgan fingerprint density at radius 3 is 1.90 bits per heavy atom. The van der Waals surface area contributed by atoms with E-state index in [1.54, 1.807) is 0 Å². The standard InChI is InChI=1S/C9H17N/c1-6(2)5-7-8(10)9(7,3)4/h5,7-8H,10H2,1-4H3/t7-,8+/m0/s1. The van der Waals surface area contributed by atoms with Crippen molar-refractivity contribution in [2.24, 2.45) is 17.1 Å². The molecule has 2 N–H and O–H groups in total. The Balaban J connectivity index is 2.58. The first-order valence-corrected chi connectivity index (χ1v) is 3.87. The van der Waals surface area contributed by atoms with Crippen molar-refractivity contribution < 1.29 is 0 Å². The third kappa shape index (κ3) is 1.10. The number of hydrogen-bond acceptors (Lipinski definition) is 1. The van der Waals surface area contributed by atoms with Crippen molar-refractivity contribution in [2.45, 2.75) is 33.7 Å². The van der Waals surface area contributed by atoms with E-state index in [9.17, 15) is 0 Å². The van der Waals surface area contributed by atoms with Gasteiger partial charge in [-0.2, -0.15) is 0 Å². The lowest BCUT2D eigenvalue weighted by Gasteiger charge is -1.96. The minimum Gasteiger partial charge on any atom is -0.327 e. The minimum absolute atomic E-state index is 0.358. The van der Waals surface area contributed by atoms with Crippen LogP contribution >= 0.6 is 0 Å². The fourth-order valence-corrected chi connectivity index (χ4v) is 1.40. The van der Waals surface area contributed by atoms with Crippen molar-refractivity contribution in [3.63, 3.8) is 0 Å². The molecule has 1 saturated carbocycles. The normalized spacial score (nSPS) is 35.3. The fraction of sp³-hybridized carbons (Fsp3) is 0.778. The van der Waals surface area contributed by atoms with Crippen LogP contribution in [0, 0.1) is 11.3 Å². The largest absolute Gasteiger partial charge is 0.327 e. The zero-order chi connectivity index (χ0) is 7.94. The molecule has 0 heterocycles. The van der Waals surface area contributed by atoms with E-state index in [1.165, 1.54) is 5.57 Å².